The van der Waals surface area contributed by atoms with E-state index in [4.69, 9.17) is 4.84 Å². The molecule has 2 rings (SSSR count). The Kier molecular flexibility index (Phi) is 1.78. The highest BCUT2D eigenvalue weighted by atomic mass is 16.7. The Morgan fingerprint density at radius 3 is 2.67 bits per heavy atom. The van der Waals surface area contributed by atoms with Gasteiger partial charge in [-0.25, -0.2) is 4.98 Å². The molecule has 0 fully saturated rings. The molecule has 60 valence electrons. The van der Waals surface area contributed by atoms with Crippen molar-refractivity contribution in [1.82, 2.24) is 4.98 Å². The van der Waals surface area contributed by atoms with Crippen molar-refractivity contribution in [3.63, 3.8) is 0 Å². The normalized spacial score (nSPS) is 9.67. The van der Waals surface area contributed by atoms with Crippen LogP contribution >= 0.6 is 0 Å². The van der Waals surface area contributed by atoms with Gasteiger partial charge in [-0.1, -0.05) is 18.2 Å². The molecule has 0 radical (unpaired) electrons. The first-order chi connectivity index (χ1) is 5.95. The average molecular weight is 161 g/mol. The maximum Gasteiger partial charge on any atom is 0.282 e. The van der Waals surface area contributed by atoms with E-state index in [9.17, 15) is 0 Å². The van der Waals surface area contributed by atoms with Crippen molar-refractivity contribution in [3.8, 4) is 5.75 Å². The van der Waals surface area contributed by atoms with Crippen LogP contribution in [0.3, 0.4) is 0 Å². The monoisotopic (exact) mass is 161 g/mol. The van der Waals surface area contributed by atoms with E-state index >= 15 is 0 Å². The highest BCUT2D eigenvalue weighted by molar-refractivity contribution is 5.19. The summed E-state index contributed by atoms with van der Waals surface area (Å²) in [6, 6.07) is 9.62. The highest BCUT2D eigenvalue weighted by Gasteiger charge is 1.97. The van der Waals surface area contributed by atoms with Crippen LogP contribution in [0.15, 0.2) is 49.1 Å². The van der Waals surface area contributed by atoms with Crippen molar-refractivity contribution in [3.05, 3.63) is 49.1 Å². The Morgan fingerprint density at radius 1 is 1.17 bits per heavy atom. The first kappa shape index (κ1) is 6.91. The van der Waals surface area contributed by atoms with E-state index in [0.717, 1.165) is 5.75 Å². The Bertz CT molecular complexity index is 329. The zero-order valence-electron chi connectivity index (χ0n) is 6.47. The molecule has 1 N–H and O–H groups in total. The lowest BCUT2D eigenvalue weighted by Crippen LogP contribution is -2.36. The molecule has 0 atom stereocenters. The summed E-state index contributed by atoms with van der Waals surface area (Å²) in [5, 5.41) is 0. The van der Waals surface area contributed by atoms with Crippen molar-refractivity contribution in [2.75, 3.05) is 0 Å². The van der Waals surface area contributed by atoms with Crippen molar-refractivity contribution in [1.29, 1.82) is 0 Å². The molecule has 0 aliphatic carbocycles. The largest absolute Gasteiger partial charge is 0.297 e. The summed E-state index contributed by atoms with van der Waals surface area (Å²) in [4.78, 5) is 8.29. The van der Waals surface area contributed by atoms with Crippen molar-refractivity contribution in [2.24, 2.45) is 0 Å². The second-order valence-corrected chi connectivity index (χ2v) is 2.38. The minimum absolute atomic E-state index is 0.821. The van der Waals surface area contributed by atoms with Gasteiger partial charge in [0.15, 0.2) is 11.9 Å². The predicted octanol–water partition coefficient (Wildman–Crippen LogP) is 1.14. The van der Waals surface area contributed by atoms with Crippen LogP contribution in [0, 0.1) is 0 Å². The van der Waals surface area contributed by atoms with Crippen molar-refractivity contribution >= 4 is 0 Å². The lowest BCUT2D eigenvalue weighted by molar-refractivity contribution is -0.874. The summed E-state index contributed by atoms with van der Waals surface area (Å²) in [6.45, 7) is 0. The van der Waals surface area contributed by atoms with Crippen LogP contribution in [0.2, 0.25) is 0 Å². The van der Waals surface area contributed by atoms with Crippen LogP contribution < -0.4 is 9.57 Å². The van der Waals surface area contributed by atoms with Crippen LogP contribution in [0.4, 0.5) is 0 Å². The summed E-state index contributed by atoms with van der Waals surface area (Å²) < 4.78 is 1.61. The second kappa shape index (κ2) is 3.09. The van der Waals surface area contributed by atoms with Gasteiger partial charge < -0.3 is 0 Å². The molecular weight excluding hydrogens is 152 g/mol. The molecule has 0 unspecified atom stereocenters. The number of nitrogens with one attached hydrogen (secondary N) is 1. The molecule has 3 nitrogen and oxygen atoms in total. The van der Waals surface area contributed by atoms with Gasteiger partial charge in [0, 0.05) is 0 Å². The van der Waals surface area contributed by atoms with E-state index < -0.39 is 0 Å². The zero-order valence-corrected chi connectivity index (χ0v) is 6.47. The van der Waals surface area contributed by atoms with Gasteiger partial charge in [-0.2, -0.15) is 0 Å². The lowest BCUT2D eigenvalue weighted by Gasteiger charge is -1.96. The number of hydrogen-bond acceptors (Lipinski definition) is 1. The van der Waals surface area contributed by atoms with E-state index in [2.05, 4.69) is 4.98 Å². The predicted molar refractivity (Wildman–Crippen MR) is 43.5 cm³/mol. The molecule has 0 amide bonds. The van der Waals surface area contributed by atoms with Crippen molar-refractivity contribution in [2.45, 2.75) is 0 Å². The van der Waals surface area contributed by atoms with Gasteiger partial charge in [-0.3, -0.25) is 4.84 Å². The third kappa shape index (κ3) is 1.45. The molecule has 0 spiro atoms. The topological polar surface area (TPSA) is 28.9 Å². The minimum Gasteiger partial charge on any atom is -0.297 e. The lowest BCUT2D eigenvalue weighted by atomic mass is 10.3. The Morgan fingerprint density at radius 2 is 2.00 bits per heavy atom. The van der Waals surface area contributed by atoms with E-state index in [1.807, 2.05) is 30.3 Å². The molecule has 0 aliphatic rings. The first-order valence-electron chi connectivity index (χ1n) is 3.72. The molecule has 0 aliphatic heterocycles. The number of imidazole rings is 1. The summed E-state index contributed by atoms with van der Waals surface area (Å²) in [5.41, 5.74) is 0. The van der Waals surface area contributed by atoms with Gasteiger partial charge in [-0.05, 0) is 16.9 Å². The number of H-pyrrole nitrogens is 1. The van der Waals surface area contributed by atoms with E-state index in [1.54, 1.807) is 23.5 Å². The second-order valence-electron chi connectivity index (χ2n) is 2.38. The quantitative estimate of drug-likeness (QED) is 0.657. The zero-order chi connectivity index (χ0) is 8.23. The summed E-state index contributed by atoms with van der Waals surface area (Å²) in [5.74, 6) is 0.821. The number of hydrogen-bond donors (Lipinski definition) is 1. The first-order valence-corrected chi connectivity index (χ1v) is 3.72. The third-order valence-corrected chi connectivity index (χ3v) is 1.47. The van der Waals surface area contributed by atoms with Gasteiger partial charge >= 0.3 is 0 Å². The van der Waals surface area contributed by atoms with Crippen molar-refractivity contribution < 1.29 is 9.57 Å². The van der Waals surface area contributed by atoms with Gasteiger partial charge in [0.2, 0.25) is 0 Å². The van der Waals surface area contributed by atoms with Crippen LogP contribution in [0.1, 0.15) is 0 Å². The molecule has 1 aromatic heterocycles. The number of rotatable bonds is 2. The fourth-order valence-corrected chi connectivity index (χ4v) is 0.936. The highest BCUT2D eigenvalue weighted by Crippen LogP contribution is 2.05. The van der Waals surface area contributed by atoms with Crippen LogP contribution in [-0.2, 0) is 0 Å². The van der Waals surface area contributed by atoms with Crippen LogP contribution in [0.5, 0.6) is 5.75 Å². The fourth-order valence-electron chi connectivity index (χ4n) is 0.936. The minimum atomic E-state index is 0.821. The molecule has 0 saturated carbocycles. The van der Waals surface area contributed by atoms with E-state index in [0.29, 0.717) is 0 Å². The van der Waals surface area contributed by atoms with Crippen LogP contribution in [0.25, 0.3) is 0 Å². The summed E-state index contributed by atoms with van der Waals surface area (Å²) in [6.07, 6.45) is 5.32. The number of para-hydroxylation sites is 1. The SMILES string of the molecule is c1ccc(O[n+]2cc[nH]c2)cc1. The molecule has 12 heavy (non-hydrogen) atoms. The van der Waals surface area contributed by atoms with E-state index in [1.165, 1.54) is 0 Å². The standard InChI is InChI=1S/C9H8N2O/c1-2-4-9(5-3-1)12-11-7-6-10-8-11/h1-8H/p+1. The Labute approximate surface area is 70.2 Å². The molecule has 0 bridgehead atoms. The van der Waals surface area contributed by atoms with Gasteiger partial charge in [0.1, 0.15) is 6.20 Å². The molecule has 2 aromatic rings. The summed E-state index contributed by atoms with van der Waals surface area (Å²) >= 11 is 0. The fraction of sp³-hybridized carbons (Fsp3) is 0. The Balaban J connectivity index is 2.15. The molecular formula is C9H9N2O+. The van der Waals surface area contributed by atoms with Gasteiger partial charge in [0.05, 0.1) is 0 Å². The molecule has 1 heterocycles. The Hall–Kier alpha value is -1.77. The molecule has 0 saturated heterocycles. The van der Waals surface area contributed by atoms with Gasteiger partial charge in [-0.15, -0.1) is 0 Å². The van der Waals surface area contributed by atoms with Crippen LogP contribution in [-0.4, -0.2) is 4.98 Å². The maximum absolute atomic E-state index is 5.40. The number of aromatic amines is 1. The number of nitrogens with zero attached hydrogens (tertiary/aromatic N) is 1. The van der Waals surface area contributed by atoms with E-state index in [-0.39, 0.29) is 0 Å². The number of aromatic nitrogens is 2. The van der Waals surface area contributed by atoms with Gasteiger partial charge in [0.25, 0.3) is 6.33 Å². The maximum atomic E-state index is 5.40. The molecule has 1 aromatic carbocycles. The third-order valence-electron chi connectivity index (χ3n) is 1.47. The average Bonchev–Trinajstić information content (AvgIpc) is 2.59. The number of benzene rings is 1. The smallest absolute Gasteiger partial charge is 0.282 e. The molecule has 3 heteroatoms. The summed E-state index contributed by atoms with van der Waals surface area (Å²) in [7, 11) is 0.